The zero-order valence-corrected chi connectivity index (χ0v) is 14.1. The molecule has 3 rings (SSSR count). The third-order valence-corrected chi connectivity index (χ3v) is 3.70. The SMILES string of the molecule is FC(F)(F)c1cc(Cl)nc(-c2ccc(C=NNc3ccccc3)cc2)c1. The van der Waals surface area contributed by atoms with E-state index in [-0.39, 0.29) is 10.8 Å². The molecular weight excluding hydrogens is 363 g/mol. The molecule has 0 amide bonds. The van der Waals surface area contributed by atoms with Crippen molar-refractivity contribution >= 4 is 23.5 Å². The highest BCUT2D eigenvalue weighted by Crippen LogP contribution is 2.33. The van der Waals surface area contributed by atoms with Crippen LogP contribution in [0.2, 0.25) is 5.15 Å². The van der Waals surface area contributed by atoms with Crippen LogP contribution in [0.25, 0.3) is 11.3 Å². The van der Waals surface area contributed by atoms with Gasteiger partial charge in [0.1, 0.15) is 5.15 Å². The van der Waals surface area contributed by atoms with Crippen LogP contribution in [0.5, 0.6) is 0 Å². The first-order chi connectivity index (χ1) is 12.4. The van der Waals surface area contributed by atoms with E-state index >= 15 is 0 Å². The van der Waals surface area contributed by atoms with Gasteiger partial charge in [-0.15, -0.1) is 0 Å². The van der Waals surface area contributed by atoms with Crippen molar-refractivity contribution in [3.05, 3.63) is 83.0 Å². The number of nitrogens with zero attached hydrogens (tertiary/aromatic N) is 2. The molecule has 0 fully saturated rings. The number of pyridine rings is 1. The molecule has 2 aromatic carbocycles. The Morgan fingerprint density at radius 3 is 2.31 bits per heavy atom. The molecule has 0 aliphatic heterocycles. The van der Waals surface area contributed by atoms with Crippen molar-refractivity contribution in [3.63, 3.8) is 0 Å². The van der Waals surface area contributed by atoms with Gasteiger partial charge in [0, 0.05) is 5.56 Å². The summed E-state index contributed by atoms with van der Waals surface area (Å²) in [6.07, 6.45) is -2.86. The van der Waals surface area contributed by atoms with Crippen molar-refractivity contribution in [2.45, 2.75) is 6.18 Å². The lowest BCUT2D eigenvalue weighted by Gasteiger charge is -2.09. The van der Waals surface area contributed by atoms with Gasteiger partial charge in [0.2, 0.25) is 0 Å². The van der Waals surface area contributed by atoms with Gasteiger partial charge in [-0.25, -0.2) is 4.98 Å². The predicted molar refractivity (Wildman–Crippen MR) is 97.3 cm³/mol. The summed E-state index contributed by atoms with van der Waals surface area (Å²) in [6, 6.07) is 18.0. The van der Waals surface area contributed by atoms with Crippen molar-refractivity contribution in [3.8, 4) is 11.3 Å². The van der Waals surface area contributed by atoms with Gasteiger partial charge in [-0.1, -0.05) is 54.1 Å². The number of anilines is 1. The largest absolute Gasteiger partial charge is 0.416 e. The quantitative estimate of drug-likeness (QED) is 0.352. The smallest absolute Gasteiger partial charge is 0.279 e. The average molecular weight is 376 g/mol. The van der Waals surface area contributed by atoms with E-state index in [1.165, 1.54) is 0 Å². The van der Waals surface area contributed by atoms with Gasteiger partial charge in [-0.2, -0.15) is 18.3 Å². The summed E-state index contributed by atoms with van der Waals surface area (Å²) in [5, 5.41) is 3.91. The molecule has 0 atom stereocenters. The lowest BCUT2D eigenvalue weighted by atomic mass is 10.1. The lowest BCUT2D eigenvalue weighted by Crippen LogP contribution is -2.05. The van der Waals surface area contributed by atoms with Crippen LogP contribution in [-0.4, -0.2) is 11.2 Å². The molecule has 26 heavy (non-hydrogen) atoms. The maximum atomic E-state index is 12.9. The van der Waals surface area contributed by atoms with Gasteiger partial charge < -0.3 is 0 Å². The van der Waals surface area contributed by atoms with E-state index in [9.17, 15) is 13.2 Å². The first-order valence-corrected chi connectivity index (χ1v) is 7.99. The van der Waals surface area contributed by atoms with E-state index in [1.807, 2.05) is 30.3 Å². The van der Waals surface area contributed by atoms with Gasteiger partial charge in [-0.05, 0) is 29.8 Å². The van der Waals surface area contributed by atoms with Gasteiger partial charge in [0.15, 0.2) is 0 Å². The minimum Gasteiger partial charge on any atom is -0.279 e. The molecule has 1 heterocycles. The summed E-state index contributed by atoms with van der Waals surface area (Å²) in [5.41, 5.74) is 4.39. The topological polar surface area (TPSA) is 37.3 Å². The molecular formula is C19H13ClF3N3. The summed E-state index contributed by atoms with van der Waals surface area (Å²) >= 11 is 5.72. The van der Waals surface area contributed by atoms with Gasteiger partial charge in [0.05, 0.1) is 23.2 Å². The number of hydrogen-bond acceptors (Lipinski definition) is 3. The number of aromatic nitrogens is 1. The number of hydrogen-bond donors (Lipinski definition) is 1. The summed E-state index contributed by atoms with van der Waals surface area (Å²) in [7, 11) is 0. The number of nitrogens with one attached hydrogen (secondary N) is 1. The Bertz CT molecular complexity index is 908. The normalized spacial score (nSPS) is 11.7. The van der Waals surface area contributed by atoms with Crippen LogP contribution < -0.4 is 5.43 Å². The number of rotatable bonds is 4. The Labute approximate surface area is 153 Å². The molecule has 0 unspecified atom stereocenters. The highest BCUT2D eigenvalue weighted by Gasteiger charge is 2.31. The zero-order chi connectivity index (χ0) is 18.6. The summed E-state index contributed by atoms with van der Waals surface area (Å²) in [5.74, 6) is 0. The molecule has 0 spiro atoms. The van der Waals surface area contributed by atoms with Crippen LogP contribution in [0.15, 0.2) is 71.8 Å². The molecule has 7 heteroatoms. The molecule has 0 bridgehead atoms. The van der Waals surface area contributed by atoms with Crippen molar-refractivity contribution in [1.29, 1.82) is 0 Å². The number of alkyl halides is 3. The molecule has 132 valence electrons. The standard InChI is InChI=1S/C19H13ClF3N3/c20-18-11-15(19(21,22)23)10-17(25-18)14-8-6-13(7-9-14)12-24-26-16-4-2-1-3-5-16/h1-12,26H. The fraction of sp³-hybridized carbons (Fsp3) is 0.0526. The fourth-order valence-corrected chi connectivity index (χ4v) is 2.45. The van der Waals surface area contributed by atoms with Gasteiger partial charge >= 0.3 is 6.18 Å². The summed E-state index contributed by atoms with van der Waals surface area (Å²) in [4.78, 5) is 3.97. The highest BCUT2D eigenvalue weighted by atomic mass is 35.5. The van der Waals surface area contributed by atoms with Crippen LogP contribution in [-0.2, 0) is 6.18 Å². The van der Waals surface area contributed by atoms with Crippen molar-refractivity contribution < 1.29 is 13.2 Å². The Hall–Kier alpha value is -2.86. The Morgan fingerprint density at radius 1 is 0.962 bits per heavy atom. The first-order valence-electron chi connectivity index (χ1n) is 7.61. The van der Waals surface area contributed by atoms with Crippen LogP contribution in [0.1, 0.15) is 11.1 Å². The molecule has 0 aliphatic rings. The summed E-state index contributed by atoms with van der Waals surface area (Å²) < 4.78 is 38.7. The molecule has 0 saturated carbocycles. The monoisotopic (exact) mass is 375 g/mol. The molecule has 0 saturated heterocycles. The van der Waals surface area contributed by atoms with E-state index in [1.54, 1.807) is 30.5 Å². The van der Waals surface area contributed by atoms with E-state index in [0.717, 1.165) is 23.4 Å². The fourth-order valence-electron chi connectivity index (χ4n) is 2.24. The summed E-state index contributed by atoms with van der Waals surface area (Å²) in [6.45, 7) is 0. The lowest BCUT2D eigenvalue weighted by molar-refractivity contribution is -0.137. The number of halogens is 4. The van der Waals surface area contributed by atoms with Crippen LogP contribution in [0, 0.1) is 0 Å². The molecule has 0 radical (unpaired) electrons. The third kappa shape index (κ3) is 4.61. The van der Waals surface area contributed by atoms with Crippen molar-refractivity contribution in [2.75, 3.05) is 5.43 Å². The zero-order valence-electron chi connectivity index (χ0n) is 13.3. The maximum Gasteiger partial charge on any atom is 0.416 e. The Balaban J connectivity index is 1.76. The van der Waals surface area contributed by atoms with Gasteiger partial charge in [0.25, 0.3) is 0 Å². The second-order valence-electron chi connectivity index (χ2n) is 5.42. The van der Waals surface area contributed by atoms with Crippen molar-refractivity contribution in [1.82, 2.24) is 4.98 Å². The predicted octanol–water partition coefficient (Wildman–Crippen LogP) is 5.87. The number of benzene rings is 2. The second kappa shape index (κ2) is 7.58. The Morgan fingerprint density at radius 2 is 1.65 bits per heavy atom. The maximum absolute atomic E-state index is 12.9. The van der Waals surface area contributed by atoms with Crippen LogP contribution in [0.4, 0.5) is 18.9 Å². The Kier molecular flexibility index (Phi) is 5.23. The highest BCUT2D eigenvalue weighted by molar-refractivity contribution is 6.29. The third-order valence-electron chi connectivity index (χ3n) is 3.51. The van der Waals surface area contributed by atoms with E-state index in [4.69, 9.17) is 11.6 Å². The first kappa shape index (κ1) is 17.9. The number of para-hydroxylation sites is 1. The average Bonchev–Trinajstić information content (AvgIpc) is 2.62. The molecule has 0 aliphatic carbocycles. The molecule has 3 nitrogen and oxygen atoms in total. The van der Waals surface area contributed by atoms with Crippen LogP contribution >= 0.6 is 11.6 Å². The van der Waals surface area contributed by atoms with E-state index in [0.29, 0.717) is 5.56 Å². The molecule has 3 aromatic rings. The van der Waals surface area contributed by atoms with E-state index < -0.39 is 11.7 Å². The second-order valence-corrected chi connectivity index (χ2v) is 5.81. The van der Waals surface area contributed by atoms with Gasteiger partial charge in [-0.3, -0.25) is 5.43 Å². The van der Waals surface area contributed by atoms with Crippen LogP contribution in [0.3, 0.4) is 0 Å². The minimum absolute atomic E-state index is 0.163. The van der Waals surface area contributed by atoms with Crippen molar-refractivity contribution in [2.24, 2.45) is 5.10 Å². The molecule has 1 aromatic heterocycles. The minimum atomic E-state index is -4.48. The molecule has 1 N–H and O–H groups in total. The number of hydrazone groups is 1. The van der Waals surface area contributed by atoms with E-state index in [2.05, 4.69) is 15.5 Å².